The lowest BCUT2D eigenvalue weighted by atomic mass is 9.93. The predicted octanol–water partition coefficient (Wildman–Crippen LogP) is 1.37. The first-order chi connectivity index (χ1) is 8.27. The number of hydrogen-bond acceptors (Lipinski definition) is 4. The van der Waals surface area contributed by atoms with Crippen molar-refractivity contribution in [3.05, 3.63) is 29.6 Å². The van der Waals surface area contributed by atoms with Crippen LogP contribution in [0, 0.1) is 0 Å². The minimum atomic E-state index is 0.1000. The molecule has 4 nitrogen and oxygen atoms in total. The van der Waals surface area contributed by atoms with Crippen molar-refractivity contribution in [3.8, 4) is 0 Å². The summed E-state index contributed by atoms with van der Waals surface area (Å²) >= 11 is 0. The van der Waals surface area contributed by atoms with Crippen LogP contribution in [0.1, 0.15) is 37.4 Å². The lowest BCUT2D eigenvalue weighted by molar-refractivity contribution is 0.0394. The van der Waals surface area contributed by atoms with Gasteiger partial charge >= 0.3 is 0 Å². The van der Waals surface area contributed by atoms with E-state index in [9.17, 15) is 0 Å². The van der Waals surface area contributed by atoms with Crippen molar-refractivity contribution in [2.75, 3.05) is 6.61 Å². The second-order valence-electron chi connectivity index (χ2n) is 4.55. The maximum Gasteiger partial charge on any atom is 0.0719 e. The Morgan fingerprint density at radius 2 is 2.47 bits per heavy atom. The van der Waals surface area contributed by atoms with Crippen molar-refractivity contribution in [2.45, 2.75) is 44.8 Å². The smallest absolute Gasteiger partial charge is 0.0719 e. The number of aryl methyl sites for hydroxylation is 1. The van der Waals surface area contributed by atoms with Crippen LogP contribution in [-0.2, 0) is 11.2 Å². The fourth-order valence-corrected chi connectivity index (χ4v) is 2.74. The van der Waals surface area contributed by atoms with Gasteiger partial charge in [-0.25, -0.2) is 0 Å². The highest BCUT2D eigenvalue weighted by atomic mass is 16.5. The molecule has 1 aromatic rings. The first-order valence-electron chi connectivity index (χ1n) is 6.29. The highest BCUT2D eigenvalue weighted by Crippen LogP contribution is 2.34. The molecule has 1 aliphatic carbocycles. The van der Waals surface area contributed by atoms with Crippen molar-refractivity contribution in [1.29, 1.82) is 0 Å². The highest BCUT2D eigenvalue weighted by Gasteiger charge is 2.33. The summed E-state index contributed by atoms with van der Waals surface area (Å²) in [4.78, 5) is 4.50. The largest absolute Gasteiger partial charge is 0.377 e. The topological polar surface area (TPSA) is 60.2 Å². The van der Waals surface area contributed by atoms with Crippen molar-refractivity contribution in [1.82, 2.24) is 10.4 Å². The monoisotopic (exact) mass is 235 g/mol. The van der Waals surface area contributed by atoms with Gasteiger partial charge in [0.25, 0.3) is 0 Å². The fourth-order valence-electron chi connectivity index (χ4n) is 2.74. The molecule has 0 bridgehead atoms. The molecule has 0 radical (unpaired) electrons. The number of ether oxygens (including phenoxy) is 1. The molecule has 0 spiro atoms. The zero-order chi connectivity index (χ0) is 12.3. The van der Waals surface area contributed by atoms with E-state index in [1.165, 1.54) is 11.3 Å². The van der Waals surface area contributed by atoms with Gasteiger partial charge < -0.3 is 4.74 Å². The molecule has 17 heavy (non-hydrogen) atoms. The molecule has 94 valence electrons. The van der Waals surface area contributed by atoms with Gasteiger partial charge in [0.1, 0.15) is 0 Å². The number of fused-ring (bicyclic) bond motifs is 1. The normalized spacial score (nSPS) is 22.2. The lowest BCUT2D eigenvalue weighted by Crippen LogP contribution is -2.47. The molecule has 1 aromatic heterocycles. The Bertz CT molecular complexity index is 369. The second-order valence-corrected chi connectivity index (χ2v) is 4.55. The Labute approximate surface area is 103 Å². The summed E-state index contributed by atoms with van der Waals surface area (Å²) in [5, 5.41) is 0. The van der Waals surface area contributed by atoms with Gasteiger partial charge in [-0.2, -0.15) is 0 Å². The molecule has 0 aliphatic heterocycles. The molecule has 1 aliphatic rings. The number of aromatic nitrogens is 1. The minimum Gasteiger partial charge on any atom is -0.377 e. The van der Waals surface area contributed by atoms with Crippen LogP contribution < -0.4 is 11.3 Å². The summed E-state index contributed by atoms with van der Waals surface area (Å²) in [5.41, 5.74) is 5.44. The Morgan fingerprint density at radius 1 is 1.65 bits per heavy atom. The van der Waals surface area contributed by atoms with E-state index in [-0.39, 0.29) is 12.1 Å². The van der Waals surface area contributed by atoms with Crippen LogP contribution in [0.3, 0.4) is 0 Å². The Morgan fingerprint density at radius 3 is 3.18 bits per heavy atom. The number of nitrogens with one attached hydrogen (secondary N) is 1. The molecule has 3 N–H and O–H groups in total. The summed E-state index contributed by atoms with van der Waals surface area (Å²) in [5.74, 6) is 6.04. The quantitative estimate of drug-likeness (QED) is 0.598. The van der Waals surface area contributed by atoms with Gasteiger partial charge in [-0.1, -0.05) is 6.07 Å². The van der Waals surface area contributed by atoms with E-state index < -0.39 is 0 Å². The van der Waals surface area contributed by atoms with Crippen molar-refractivity contribution in [3.63, 3.8) is 0 Å². The van der Waals surface area contributed by atoms with E-state index >= 15 is 0 Å². The molecular formula is C13H21N3O. The van der Waals surface area contributed by atoms with E-state index in [2.05, 4.69) is 23.4 Å². The molecule has 0 aromatic carbocycles. The van der Waals surface area contributed by atoms with Crippen molar-refractivity contribution >= 4 is 0 Å². The predicted molar refractivity (Wildman–Crippen MR) is 67.5 cm³/mol. The van der Waals surface area contributed by atoms with E-state index in [0.717, 1.165) is 12.8 Å². The van der Waals surface area contributed by atoms with Crippen molar-refractivity contribution < 1.29 is 4.74 Å². The Balaban J connectivity index is 2.17. The molecule has 3 unspecified atom stereocenters. The number of nitrogens with two attached hydrogens (primary N) is 1. The Hall–Kier alpha value is -0.970. The molecule has 3 atom stereocenters. The first-order valence-corrected chi connectivity index (χ1v) is 6.29. The molecule has 4 heteroatoms. The summed E-state index contributed by atoms with van der Waals surface area (Å²) in [6, 6.07) is 4.28. The molecule has 2 rings (SSSR count). The zero-order valence-electron chi connectivity index (χ0n) is 10.5. The van der Waals surface area contributed by atoms with Crippen molar-refractivity contribution in [2.24, 2.45) is 5.84 Å². The van der Waals surface area contributed by atoms with E-state index in [1.807, 2.05) is 19.2 Å². The average molecular weight is 235 g/mol. The molecule has 1 heterocycles. The lowest BCUT2D eigenvalue weighted by Gasteiger charge is -2.28. The highest BCUT2D eigenvalue weighted by molar-refractivity contribution is 5.30. The number of nitrogens with zero attached hydrogens (tertiary/aromatic N) is 1. The van der Waals surface area contributed by atoms with Gasteiger partial charge in [0.05, 0.1) is 12.1 Å². The SMILES string of the molecule is CCOC(C)C(NN)C1CCc2cccnc21. The third-order valence-corrected chi connectivity index (χ3v) is 3.56. The third kappa shape index (κ3) is 2.49. The number of hydrazine groups is 1. The maximum absolute atomic E-state index is 5.68. The van der Waals surface area contributed by atoms with Gasteiger partial charge in [-0.15, -0.1) is 0 Å². The Kier molecular flexibility index (Phi) is 4.10. The van der Waals surface area contributed by atoms with Crippen LogP contribution in [0.5, 0.6) is 0 Å². The second kappa shape index (κ2) is 5.58. The van der Waals surface area contributed by atoms with E-state index in [4.69, 9.17) is 10.6 Å². The minimum absolute atomic E-state index is 0.1000. The standard InChI is InChI=1S/C13H21N3O/c1-3-17-9(2)12(16-14)11-7-6-10-5-4-8-15-13(10)11/h4-5,8-9,11-12,16H,3,6-7,14H2,1-2H3. The first kappa shape index (κ1) is 12.5. The summed E-state index contributed by atoms with van der Waals surface area (Å²) in [6.45, 7) is 4.78. The summed E-state index contributed by atoms with van der Waals surface area (Å²) < 4.78 is 5.65. The molecule has 0 saturated heterocycles. The molecular weight excluding hydrogens is 214 g/mol. The van der Waals surface area contributed by atoms with Gasteiger partial charge in [0.2, 0.25) is 0 Å². The zero-order valence-corrected chi connectivity index (χ0v) is 10.5. The van der Waals surface area contributed by atoms with Gasteiger partial charge in [0.15, 0.2) is 0 Å². The van der Waals surface area contributed by atoms with Crippen LogP contribution in [-0.4, -0.2) is 23.7 Å². The molecule has 0 saturated carbocycles. The summed E-state index contributed by atoms with van der Waals surface area (Å²) in [7, 11) is 0. The van der Waals surface area contributed by atoms with Gasteiger partial charge in [-0.3, -0.25) is 16.3 Å². The van der Waals surface area contributed by atoms with Gasteiger partial charge in [-0.05, 0) is 38.3 Å². The van der Waals surface area contributed by atoms with Gasteiger partial charge in [0, 0.05) is 24.4 Å². The van der Waals surface area contributed by atoms with Crippen LogP contribution in [0.25, 0.3) is 0 Å². The summed E-state index contributed by atoms with van der Waals surface area (Å²) in [6.07, 6.45) is 4.14. The van der Waals surface area contributed by atoms with Crippen LogP contribution >= 0.6 is 0 Å². The van der Waals surface area contributed by atoms with E-state index in [0.29, 0.717) is 12.5 Å². The number of rotatable bonds is 5. The van der Waals surface area contributed by atoms with Crippen LogP contribution in [0.4, 0.5) is 0 Å². The van der Waals surface area contributed by atoms with Crippen LogP contribution in [0.15, 0.2) is 18.3 Å². The number of pyridine rings is 1. The third-order valence-electron chi connectivity index (χ3n) is 3.56. The maximum atomic E-state index is 5.68. The molecule has 0 fully saturated rings. The average Bonchev–Trinajstić information content (AvgIpc) is 2.75. The van der Waals surface area contributed by atoms with E-state index in [1.54, 1.807) is 0 Å². The fraction of sp³-hybridized carbons (Fsp3) is 0.615. The molecule has 0 amide bonds. The number of hydrogen-bond donors (Lipinski definition) is 2. The van der Waals surface area contributed by atoms with Crippen LogP contribution in [0.2, 0.25) is 0 Å².